The lowest BCUT2D eigenvalue weighted by Crippen LogP contribution is -2.37. The van der Waals surface area contributed by atoms with E-state index in [1.807, 2.05) is 0 Å². The van der Waals surface area contributed by atoms with Crippen LogP contribution in [0.1, 0.15) is 17.3 Å². The standard InChI is InChI=1S/C11H16N2O4S/c1-17-7(6-12)5-9(14)13-10(11(15)16)8-3-2-4-18-8/h2-4,7,10H,5-6,12H2,1H3,(H,13,14)(H,15,16). The highest BCUT2D eigenvalue weighted by Crippen LogP contribution is 2.19. The maximum absolute atomic E-state index is 11.7. The van der Waals surface area contributed by atoms with Gasteiger partial charge in [-0.2, -0.15) is 0 Å². The first-order valence-corrected chi connectivity index (χ1v) is 6.24. The molecule has 0 aliphatic carbocycles. The number of nitrogens with one attached hydrogen (secondary N) is 1. The van der Waals surface area contributed by atoms with Crippen molar-refractivity contribution in [1.82, 2.24) is 5.32 Å². The predicted octanol–water partition coefficient (Wildman–Crippen LogP) is 0.354. The molecular formula is C11H16N2O4S. The zero-order valence-corrected chi connectivity index (χ0v) is 10.8. The van der Waals surface area contributed by atoms with Crippen LogP contribution in [0.4, 0.5) is 0 Å². The average Bonchev–Trinajstić information content (AvgIpc) is 2.86. The van der Waals surface area contributed by atoms with Crippen molar-refractivity contribution in [3.8, 4) is 0 Å². The van der Waals surface area contributed by atoms with E-state index in [2.05, 4.69) is 5.32 Å². The lowest BCUT2D eigenvalue weighted by Gasteiger charge is -2.16. The molecule has 100 valence electrons. The van der Waals surface area contributed by atoms with E-state index < -0.39 is 24.0 Å². The number of carbonyl (C=O) groups is 2. The van der Waals surface area contributed by atoms with Crippen LogP contribution in [0.15, 0.2) is 17.5 Å². The zero-order valence-electron chi connectivity index (χ0n) is 9.96. The van der Waals surface area contributed by atoms with Crippen molar-refractivity contribution in [3.05, 3.63) is 22.4 Å². The van der Waals surface area contributed by atoms with Gasteiger partial charge in [-0.05, 0) is 11.4 Å². The molecule has 18 heavy (non-hydrogen) atoms. The number of thiophene rings is 1. The number of aliphatic carboxylic acids is 1. The number of methoxy groups -OCH3 is 1. The summed E-state index contributed by atoms with van der Waals surface area (Å²) in [5.41, 5.74) is 5.40. The molecule has 1 heterocycles. The Morgan fingerprint density at radius 2 is 2.33 bits per heavy atom. The summed E-state index contributed by atoms with van der Waals surface area (Å²) < 4.78 is 4.97. The van der Waals surface area contributed by atoms with Crippen molar-refractivity contribution in [2.45, 2.75) is 18.6 Å². The van der Waals surface area contributed by atoms with Crippen LogP contribution < -0.4 is 11.1 Å². The first-order chi connectivity index (χ1) is 8.58. The summed E-state index contributed by atoms with van der Waals surface area (Å²) in [4.78, 5) is 23.4. The van der Waals surface area contributed by atoms with Gasteiger partial charge in [0, 0.05) is 18.5 Å². The van der Waals surface area contributed by atoms with Gasteiger partial charge in [-0.25, -0.2) is 4.79 Å². The minimum Gasteiger partial charge on any atom is -0.479 e. The van der Waals surface area contributed by atoms with Crippen LogP contribution in [-0.2, 0) is 14.3 Å². The molecule has 0 saturated carbocycles. The Kier molecular flexibility index (Phi) is 5.76. The molecular weight excluding hydrogens is 256 g/mol. The first kappa shape index (κ1) is 14.6. The minimum absolute atomic E-state index is 0.0438. The van der Waals surface area contributed by atoms with Crippen LogP contribution in [0.3, 0.4) is 0 Å². The van der Waals surface area contributed by atoms with Crippen molar-refractivity contribution < 1.29 is 19.4 Å². The second-order valence-corrected chi connectivity index (χ2v) is 4.63. The molecule has 1 rings (SSSR count). The van der Waals surface area contributed by atoms with Crippen LogP contribution in [0.25, 0.3) is 0 Å². The highest BCUT2D eigenvalue weighted by atomic mass is 32.1. The Hall–Kier alpha value is -1.44. The quantitative estimate of drug-likeness (QED) is 0.665. The molecule has 2 unspecified atom stereocenters. The summed E-state index contributed by atoms with van der Waals surface area (Å²) in [6.07, 6.45) is -0.356. The highest BCUT2D eigenvalue weighted by molar-refractivity contribution is 7.10. The maximum atomic E-state index is 11.7. The van der Waals surface area contributed by atoms with Crippen molar-refractivity contribution in [3.63, 3.8) is 0 Å². The number of carboxylic acids is 1. The smallest absolute Gasteiger partial charge is 0.331 e. The molecule has 0 saturated heterocycles. The molecule has 0 aromatic carbocycles. The van der Waals surface area contributed by atoms with E-state index in [9.17, 15) is 9.59 Å². The Labute approximate surface area is 109 Å². The van der Waals surface area contributed by atoms with Gasteiger partial charge in [0.25, 0.3) is 0 Å². The third kappa shape index (κ3) is 4.10. The van der Waals surface area contributed by atoms with E-state index in [1.54, 1.807) is 17.5 Å². The third-order valence-electron chi connectivity index (χ3n) is 2.39. The van der Waals surface area contributed by atoms with Gasteiger partial charge in [0.15, 0.2) is 6.04 Å². The van der Waals surface area contributed by atoms with Crippen LogP contribution in [0.2, 0.25) is 0 Å². The molecule has 1 aromatic heterocycles. The average molecular weight is 272 g/mol. The molecule has 0 aliphatic rings. The zero-order chi connectivity index (χ0) is 13.5. The van der Waals surface area contributed by atoms with E-state index in [-0.39, 0.29) is 13.0 Å². The number of carboxylic acid groups (broad SMARTS) is 1. The van der Waals surface area contributed by atoms with Crippen molar-refractivity contribution in [2.75, 3.05) is 13.7 Å². The lowest BCUT2D eigenvalue weighted by atomic mass is 10.2. The largest absolute Gasteiger partial charge is 0.479 e. The number of carbonyl (C=O) groups excluding carboxylic acids is 1. The first-order valence-electron chi connectivity index (χ1n) is 5.37. The molecule has 7 heteroatoms. The molecule has 4 N–H and O–H groups in total. The number of amides is 1. The fourth-order valence-electron chi connectivity index (χ4n) is 1.40. The monoisotopic (exact) mass is 272 g/mol. The highest BCUT2D eigenvalue weighted by Gasteiger charge is 2.24. The van der Waals surface area contributed by atoms with Gasteiger partial charge in [-0.1, -0.05) is 6.07 Å². The Morgan fingerprint density at radius 1 is 1.61 bits per heavy atom. The van der Waals surface area contributed by atoms with Crippen molar-refractivity contribution in [1.29, 1.82) is 0 Å². The van der Waals surface area contributed by atoms with Gasteiger partial charge in [0.1, 0.15) is 0 Å². The summed E-state index contributed by atoms with van der Waals surface area (Å²) in [5.74, 6) is -1.49. The molecule has 0 spiro atoms. The molecule has 0 fully saturated rings. The molecule has 1 aromatic rings. The van der Waals surface area contributed by atoms with Crippen LogP contribution in [0, 0.1) is 0 Å². The van der Waals surface area contributed by atoms with Gasteiger partial charge in [-0.15, -0.1) is 11.3 Å². The summed E-state index contributed by atoms with van der Waals surface area (Å²) in [6, 6.07) is 2.38. The second-order valence-electron chi connectivity index (χ2n) is 3.65. The number of nitrogens with two attached hydrogens (primary N) is 1. The normalized spacial score (nSPS) is 13.9. The number of hydrogen-bond donors (Lipinski definition) is 3. The third-order valence-corrected chi connectivity index (χ3v) is 3.33. The van der Waals surface area contributed by atoms with Gasteiger partial charge in [0.05, 0.1) is 12.5 Å². The summed E-state index contributed by atoms with van der Waals surface area (Å²) in [5, 5.41) is 13.3. The van der Waals surface area contributed by atoms with E-state index in [4.69, 9.17) is 15.6 Å². The van der Waals surface area contributed by atoms with Crippen LogP contribution in [0.5, 0.6) is 0 Å². The van der Waals surface area contributed by atoms with E-state index in [0.29, 0.717) is 4.88 Å². The van der Waals surface area contributed by atoms with Crippen molar-refractivity contribution in [2.24, 2.45) is 5.73 Å². The number of hydrogen-bond acceptors (Lipinski definition) is 5. The van der Waals surface area contributed by atoms with Gasteiger partial charge < -0.3 is 20.9 Å². The molecule has 6 nitrogen and oxygen atoms in total. The summed E-state index contributed by atoms with van der Waals surface area (Å²) >= 11 is 1.28. The van der Waals surface area contributed by atoms with Crippen LogP contribution >= 0.6 is 11.3 Å². The molecule has 0 aliphatic heterocycles. The number of rotatable bonds is 7. The number of ether oxygens (including phenoxy) is 1. The van der Waals surface area contributed by atoms with Crippen LogP contribution in [-0.4, -0.2) is 36.7 Å². The Balaban J connectivity index is 2.62. The molecule has 0 radical (unpaired) electrons. The molecule has 0 bridgehead atoms. The minimum atomic E-state index is -1.09. The van der Waals surface area contributed by atoms with Gasteiger partial charge in [0.2, 0.25) is 5.91 Å². The van der Waals surface area contributed by atoms with E-state index in [0.717, 1.165) is 0 Å². The van der Waals surface area contributed by atoms with Gasteiger partial charge >= 0.3 is 5.97 Å². The van der Waals surface area contributed by atoms with Gasteiger partial charge in [-0.3, -0.25) is 4.79 Å². The predicted molar refractivity (Wildman–Crippen MR) is 67.3 cm³/mol. The van der Waals surface area contributed by atoms with Crippen molar-refractivity contribution >= 4 is 23.2 Å². The Morgan fingerprint density at radius 3 is 2.78 bits per heavy atom. The summed E-state index contributed by atoms with van der Waals surface area (Å²) in [7, 11) is 1.46. The summed E-state index contributed by atoms with van der Waals surface area (Å²) in [6.45, 7) is 0.209. The lowest BCUT2D eigenvalue weighted by molar-refractivity contribution is -0.142. The maximum Gasteiger partial charge on any atom is 0.331 e. The Bertz CT molecular complexity index is 390. The molecule has 2 atom stereocenters. The fourth-order valence-corrected chi connectivity index (χ4v) is 2.17. The topological polar surface area (TPSA) is 102 Å². The van der Waals surface area contributed by atoms with E-state index >= 15 is 0 Å². The SMILES string of the molecule is COC(CN)CC(=O)NC(C(=O)O)c1cccs1. The molecule has 1 amide bonds. The second kappa shape index (κ2) is 7.10. The fraction of sp³-hybridized carbons (Fsp3) is 0.455. The van der Waals surface area contributed by atoms with E-state index in [1.165, 1.54) is 18.4 Å².